The second kappa shape index (κ2) is 9.25. The lowest BCUT2D eigenvalue weighted by molar-refractivity contribution is -0.148. The van der Waals surface area contributed by atoms with Gasteiger partial charge in [-0.1, -0.05) is 25.3 Å². The van der Waals surface area contributed by atoms with Gasteiger partial charge in [-0.25, -0.2) is 0 Å². The Morgan fingerprint density at radius 2 is 1.81 bits per heavy atom. The third-order valence-electron chi connectivity index (χ3n) is 4.67. The van der Waals surface area contributed by atoms with Gasteiger partial charge in [0.25, 0.3) is 5.91 Å². The fourth-order valence-electron chi connectivity index (χ4n) is 3.17. The van der Waals surface area contributed by atoms with Crippen LogP contribution in [-0.4, -0.2) is 37.7 Å². The van der Waals surface area contributed by atoms with Gasteiger partial charge in [0.15, 0.2) is 18.1 Å². The number of esters is 1. The molecule has 8 heteroatoms. The van der Waals surface area contributed by atoms with Crippen molar-refractivity contribution in [2.24, 2.45) is 5.92 Å². The molecule has 0 spiro atoms. The lowest BCUT2D eigenvalue weighted by Crippen LogP contribution is -2.37. The van der Waals surface area contributed by atoms with Crippen LogP contribution in [0.2, 0.25) is 0 Å². The Labute approximate surface area is 157 Å². The van der Waals surface area contributed by atoms with Crippen LogP contribution in [-0.2, 0) is 25.7 Å². The Morgan fingerprint density at radius 1 is 1.04 bits per heavy atom. The van der Waals surface area contributed by atoms with E-state index in [2.05, 4.69) is 10.6 Å². The highest BCUT2D eigenvalue weighted by Gasteiger charge is 2.21. The summed E-state index contributed by atoms with van der Waals surface area (Å²) in [5.74, 6) is 0.142. The number of fused-ring (bicyclic) bond motifs is 1. The zero-order valence-electron chi connectivity index (χ0n) is 15.1. The maximum absolute atomic E-state index is 12.0. The third kappa shape index (κ3) is 5.60. The predicted octanol–water partition coefficient (Wildman–Crippen LogP) is 1.27. The summed E-state index contributed by atoms with van der Waals surface area (Å²) >= 11 is 0. The Bertz CT molecular complexity index is 699. The Kier molecular flexibility index (Phi) is 6.51. The van der Waals surface area contributed by atoms with E-state index < -0.39 is 11.9 Å². The fraction of sp³-hybridized carbons (Fsp3) is 0.526. The van der Waals surface area contributed by atoms with E-state index in [1.165, 1.54) is 0 Å². The van der Waals surface area contributed by atoms with Gasteiger partial charge in [-0.3, -0.25) is 14.4 Å². The van der Waals surface area contributed by atoms with Gasteiger partial charge in [-0.05, 0) is 30.5 Å². The van der Waals surface area contributed by atoms with E-state index in [0.29, 0.717) is 11.5 Å². The molecule has 0 atom stereocenters. The SMILES string of the molecule is O=C(COC(=O)CNC(=O)C1CCCCC1)NCc1ccc2c(c1)OCO2. The molecule has 1 heterocycles. The maximum atomic E-state index is 12.0. The Hall–Kier alpha value is -2.77. The summed E-state index contributed by atoms with van der Waals surface area (Å²) in [6.45, 7) is -0.128. The molecule has 0 radical (unpaired) electrons. The van der Waals surface area contributed by atoms with Gasteiger partial charge in [0.05, 0.1) is 0 Å². The highest BCUT2D eigenvalue weighted by Crippen LogP contribution is 2.32. The van der Waals surface area contributed by atoms with E-state index in [-0.39, 0.29) is 38.3 Å². The second-order valence-corrected chi connectivity index (χ2v) is 6.68. The van der Waals surface area contributed by atoms with E-state index in [1.807, 2.05) is 6.07 Å². The smallest absolute Gasteiger partial charge is 0.325 e. The highest BCUT2D eigenvalue weighted by molar-refractivity contribution is 5.85. The molecule has 146 valence electrons. The fourth-order valence-corrected chi connectivity index (χ4v) is 3.17. The van der Waals surface area contributed by atoms with Crippen molar-refractivity contribution >= 4 is 17.8 Å². The number of benzene rings is 1. The summed E-state index contributed by atoms with van der Waals surface area (Å²) in [4.78, 5) is 35.5. The Balaban J connectivity index is 1.31. The van der Waals surface area contributed by atoms with E-state index in [4.69, 9.17) is 14.2 Å². The second-order valence-electron chi connectivity index (χ2n) is 6.68. The molecular weight excluding hydrogens is 352 g/mol. The summed E-state index contributed by atoms with van der Waals surface area (Å²) in [6.07, 6.45) is 4.98. The molecule has 2 N–H and O–H groups in total. The van der Waals surface area contributed by atoms with Crippen molar-refractivity contribution in [1.29, 1.82) is 0 Å². The van der Waals surface area contributed by atoms with E-state index in [9.17, 15) is 14.4 Å². The number of nitrogens with one attached hydrogen (secondary N) is 2. The number of amides is 2. The first kappa shape index (κ1) is 19.0. The predicted molar refractivity (Wildman–Crippen MR) is 95.0 cm³/mol. The highest BCUT2D eigenvalue weighted by atomic mass is 16.7. The molecule has 27 heavy (non-hydrogen) atoms. The van der Waals surface area contributed by atoms with Gasteiger partial charge in [0, 0.05) is 12.5 Å². The minimum Gasteiger partial charge on any atom is -0.454 e. The Morgan fingerprint density at radius 3 is 2.63 bits per heavy atom. The summed E-state index contributed by atoms with van der Waals surface area (Å²) in [6, 6.07) is 5.38. The molecule has 2 amide bonds. The van der Waals surface area contributed by atoms with E-state index in [0.717, 1.165) is 37.7 Å². The van der Waals surface area contributed by atoms with Crippen molar-refractivity contribution in [2.45, 2.75) is 38.6 Å². The molecule has 8 nitrogen and oxygen atoms in total. The molecule has 1 fully saturated rings. The monoisotopic (exact) mass is 376 g/mol. The topological polar surface area (TPSA) is 103 Å². The zero-order valence-corrected chi connectivity index (χ0v) is 15.1. The van der Waals surface area contributed by atoms with Crippen LogP contribution in [0.5, 0.6) is 11.5 Å². The number of carbonyl (C=O) groups is 3. The number of hydrogen-bond donors (Lipinski definition) is 2. The minimum absolute atomic E-state index is 0.0171. The van der Waals surface area contributed by atoms with Gasteiger partial charge in [-0.15, -0.1) is 0 Å². The molecule has 1 saturated carbocycles. The molecule has 1 aliphatic heterocycles. The van der Waals surface area contributed by atoms with Gasteiger partial charge < -0.3 is 24.8 Å². The summed E-state index contributed by atoms with van der Waals surface area (Å²) in [5, 5.41) is 5.25. The van der Waals surface area contributed by atoms with Crippen molar-refractivity contribution in [3.8, 4) is 11.5 Å². The van der Waals surface area contributed by atoms with Gasteiger partial charge in [0.2, 0.25) is 12.7 Å². The first-order chi connectivity index (χ1) is 13.1. The number of hydrogen-bond acceptors (Lipinski definition) is 6. The molecule has 0 aromatic heterocycles. The van der Waals surface area contributed by atoms with Gasteiger partial charge >= 0.3 is 5.97 Å². The molecule has 0 saturated heterocycles. The third-order valence-corrected chi connectivity index (χ3v) is 4.67. The standard InChI is InChI=1S/C19H24N2O6/c22-17(20-9-13-6-7-15-16(8-13)27-12-26-15)11-25-18(23)10-21-19(24)14-4-2-1-3-5-14/h6-8,14H,1-5,9-12H2,(H,20,22)(H,21,24). The van der Waals surface area contributed by atoms with Crippen LogP contribution in [0.4, 0.5) is 0 Å². The van der Waals surface area contributed by atoms with Crippen LogP contribution in [0.15, 0.2) is 18.2 Å². The lowest BCUT2D eigenvalue weighted by Gasteiger charge is -2.20. The number of carbonyl (C=O) groups excluding carboxylic acids is 3. The largest absolute Gasteiger partial charge is 0.454 e. The van der Waals surface area contributed by atoms with Crippen molar-refractivity contribution in [1.82, 2.24) is 10.6 Å². The molecule has 2 aliphatic rings. The average Bonchev–Trinajstić information content (AvgIpc) is 3.17. The first-order valence-electron chi connectivity index (χ1n) is 9.20. The molecule has 1 aliphatic carbocycles. The average molecular weight is 376 g/mol. The van der Waals surface area contributed by atoms with Crippen LogP contribution in [0.25, 0.3) is 0 Å². The van der Waals surface area contributed by atoms with Gasteiger partial charge in [-0.2, -0.15) is 0 Å². The van der Waals surface area contributed by atoms with Crippen LogP contribution < -0.4 is 20.1 Å². The summed E-state index contributed by atoms with van der Waals surface area (Å²) in [7, 11) is 0. The number of rotatable bonds is 7. The quantitative estimate of drug-likeness (QED) is 0.695. The van der Waals surface area contributed by atoms with Gasteiger partial charge in [0.1, 0.15) is 6.54 Å². The minimum atomic E-state index is -0.627. The molecule has 0 bridgehead atoms. The first-order valence-corrected chi connectivity index (χ1v) is 9.20. The molecule has 1 aromatic carbocycles. The van der Waals surface area contributed by atoms with Crippen molar-refractivity contribution in [3.63, 3.8) is 0 Å². The van der Waals surface area contributed by atoms with Crippen LogP contribution >= 0.6 is 0 Å². The van der Waals surface area contributed by atoms with E-state index in [1.54, 1.807) is 12.1 Å². The van der Waals surface area contributed by atoms with Crippen LogP contribution in [0.3, 0.4) is 0 Å². The van der Waals surface area contributed by atoms with E-state index >= 15 is 0 Å². The number of ether oxygens (including phenoxy) is 3. The molecule has 3 rings (SSSR count). The normalized spacial score (nSPS) is 15.9. The summed E-state index contributed by atoms with van der Waals surface area (Å²) in [5.41, 5.74) is 0.846. The maximum Gasteiger partial charge on any atom is 0.325 e. The van der Waals surface area contributed by atoms with Crippen molar-refractivity contribution in [3.05, 3.63) is 23.8 Å². The summed E-state index contributed by atoms with van der Waals surface area (Å²) < 4.78 is 15.4. The zero-order chi connectivity index (χ0) is 19.1. The van der Waals surface area contributed by atoms with Crippen molar-refractivity contribution < 1.29 is 28.6 Å². The molecule has 1 aromatic rings. The molecular formula is C19H24N2O6. The van der Waals surface area contributed by atoms with Crippen LogP contribution in [0, 0.1) is 5.92 Å². The molecule has 0 unspecified atom stereocenters. The van der Waals surface area contributed by atoms with Crippen molar-refractivity contribution in [2.75, 3.05) is 19.9 Å². The lowest BCUT2D eigenvalue weighted by atomic mass is 9.89. The van der Waals surface area contributed by atoms with Crippen LogP contribution in [0.1, 0.15) is 37.7 Å².